The minimum Gasteiger partial charge on any atom is -0.348 e. The Labute approximate surface area is 110 Å². The number of hydrogen-bond donors (Lipinski definition) is 1. The van der Waals surface area contributed by atoms with Crippen LogP contribution in [0, 0.1) is 6.92 Å². The molecule has 92 valence electrons. The monoisotopic (exact) mass is 296 g/mol. The molecule has 0 spiro atoms. The van der Waals surface area contributed by atoms with Crippen LogP contribution < -0.4 is 5.32 Å². The predicted molar refractivity (Wildman–Crippen MR) is 71.4 cm³/mol. The van der Waals surface area contributed by atoms with Gasteiger partial charge in [-0.3, -0.25) is 9.78 Å². The third-order valence-corrected chi connectivity index (χ3v) is 4.35. The summed E-state index contributed by atoms with van der Waals surface area (Å²) in [5, 5.41) is 3.10. The second-order valence-corrected chi connectivity index (χ2v) is 5.69. The molecule has 4 heteroatoms. The van der Waals surface area contributed by atoms with E-state index in [9.17, 15) is 4.79 Å². The van der Waals surface area contributed by atoms with Crippen molar-refractivity contribution in [1.29, 1.82) is 0 Å². The van der Waals surface area contributed by atoms with E-state index in [2.05, 4.69) is 26.2 Å². The number of aryl methyl sites for hydroxylation is 1. The van der Waals surface area contributed by atoms with Crippen LogP contribution in [0.15, 0.2) is 18.3 Å². The number of halogens is 1. The highest BCUT2D eigenvalue weighted by atomic mass is 79.9. The number of carbonyl (C=O) groups is 1. The normalized spacial score (nSPS) is 24.4. The first-order valence-corrected chi connectivity index (χ1v) is 6.96. The third-order valence-electron chi connectivity index (χ3n) is 3.25. The van der Waals surface area contributed by atoms with Gasteiger partial charge in [0, 0.05) is 22.8 Å². The molecule has 1 N–H and O–H groups in total. The van der Waals surface area contributed by atoms with Crippen molar-refractivity contribution in [3.8, 4) is 0 Å². The Bertz CT molecular complexity index is 408. The van der Waals surface area contributed by atoms with Crippen LogP contribution in [0.4, 0.5) is 0 Å². The Morgan fingerprint density at radius 1 is 1.47 bits per heavy atom. The maximum Gasteiger partial charge on any atom is 0.253 e. The summed E-state index contributed by atoms with van der Waals surface area (Å²) < 4.78 is 0. The van der Waals surface area contributed by atoms with Crippen molar-refractivity contribution in [3.63, 3.8) is 0 Å². The molecule has 3 nitrogen and oxygen atoms in total. The zero-order valence-electron chi connectivity index (χ0n) is 9.95. The van der Waals surface area contributed by atoms with Gasteiger partial charge in [0.25, 0.3) is 5.91 Å². The van der Waals surface area contributed by atoms with Crippen LogP contribution in [0.2, 0.25) is 0 Å². The van der Waals surface area contributed by atoms with Crippen LogP contribution in [0.5, 0.6) is 0 Å². The molecular formula is C13H17BrN2O. The fourth-order valence-electron chi connectivity index (χ4n) is 2.22. The fraction of sp³-hybridized carbons (Fsp3) is 0.538. The topological polar surface area (TPSA) is 42.0 Å². The molecule has 1 heterocycles. The number of aromatic nitrogens is 1. The van der Waals surface area contributed by atoms with E-state index in [1.807, 2.05) is 13.0 Å². The van der Waals surface area contributed by atoms with E-state index in [-0.39, 0.29) is 11.9 Å². The minimum absolute atomic E-state index is 0.00745. The molecule has 1 aromatic heterocycles. The molecular weight excluding hydrogens is 280 g/mol. The molecule has 0 bridgehead atoms. The van der Waals surface area contributed by atoms with Crippen molar-refractivity contribution >= 4 is 21.8 Å². The number of alkyl halides is 1. The number of carbonyl (C=O) groups excluding carboxylic acids is 1. The molecule has 2 atom stereocenters. The lowest BCUT2D eigenvalue weighted by Gasteiger charge is -2.28. The summed E-state index contributed by atoms with van der Waals surface area (Å²) in [6.07, 6.45) is 6.34. The number of nitrogens with one attached hydrogen (secondary N) is 1. The van der Waals surface area contributed by atoms with Crippen molar-refractivity contribution in [2.24, 2.45) is 0 Å². The molecule has 0 aromatic carbocycles. The second-order valence-electron chi connectivity index (χ2n) is 4.52. The molecule has 1 fully saturated rings. The van der Waals surface area contributed by atoms with Crippen LogP contribution in [-0.4, -0.2) is 21.8 Å². The van der Waals surface area contributed by atoms with E-state index in [0.29, 0.717) is 10.4 Å². The van der Waals surface area contributed by atoms with Crippen molar-refractivity contribution in [3.05, 3.63) is 29.6 Å². The summed E-state index contributed by atoms with van der Waals surface area (Å²) in [4.78, 5) is 16.6. The van der Waals surface area contributed by atoms with E-state index < -0.39 is 0 Å². The first-order chi connectivity index (χ1) is 8.18. The highest BCUT2D eigenvalue weighted by Crippen LogP contribution is 2.24. The smallest absolute Gasteiger partial charge is 0.253 e. The summed E-state index contributed by atoms with van der Waals surface area (Å²) in [5.74, 6) is -0.00745. The molecule has 0 saturated heterocycles. The Morgan fingerprint density at radius 2 is 2.24 bits per heavy atom. The van der Waals surface area contributed by atoms with E-state index >= 15 is 0 Å². The molecule has 2 unspecified atom stereocenters. The molecule has 17 heavy (non-hydrogen) atoms. The zero-order chi connectivity index (χ0) is 12.3. The second kappa shape index (κ2) is 5.63. The lowest BCUT2D eigenvalue weighted by atomic mass is 9.95. The van der Waals surface area contributed by atoms with E-state index in [1.54, 1.807) is 12.3 Å². The predicted octanol–water partition coefficient (Wildman–Crippen LogP) is 2.83. The highest BCUT2D eigenvalue weighted by Gasteiger charge is 2.24. The van der Waals surface area contributed by atoms with Crippen LogP contribution >= 0.6 is 15.9 Å². The summed E-state index contributed by atoms with van der Waals surface area (Å²) in [6, 6.07) is 3.87. The van der Waals surface area contributed by atoms with Crippen molar-refractivity contribution in [1.82, 2.24) is 10.3 Å². The van der Waals surface area contributed by atoms with E-state index in [1.165, 1.54) is 12.8 Å². The maximum atomic E-state index is 12.1. The van der Waals surface area contributed by atoms with Gasteiger partial charge < -0.3 is 5.32 Å². The van der Waals surface area contributed by atoms with Crippen LogP contribution in [0.3, 0.4) is 0 Å². The largest absolute Gasteiger partial charge is 0.348 e. The van der Waals surface area contributed by atoms with Gasteiger partial charge in [0.1, 0.15) is 0 Å². The van der Waals surface area contributed by atoms with Gasteiger partial charge in [-0.1, -0.05) is 28.8 Å². The van der Waals surface area contributed by atoms with Gasteiger partial charge in [0.05, 0.1) is 5.56 Å². The van der Waals surface area contributed by atoms with Gasteiger partial charge in [-0.05, 0) is 31.9 Å². The van der Waals surface area contributed by atoms with Crippen molar-refractivity contribution < 1.29 is 4.79 Å². The molecule has 1 aromatic rings. The van der Waals surface area contributed by atoms with Gasteiger partial charge in [-0.25, -0.2) is 0 Å². The summed E-state index contributed by atoms with van der Waals surface area (Å²) in [5.41, 5.74) is 1.46. The molecule has 1 aliphatic carbocycles. The van der Waals surface area contributed by atoms with Gasteiger partial charge in [0.2, 0.25) is 0 Å². The number of rotatable bonds is 2. The van der Waals surface area contributed by atoms with Gasteiger partial charge in [0.15, 0.2) is 0 Å². The number of pyridine rings is 1. The first-order valence-electron chi connectivity index (χ1n) is 6.05. The minimum atomic E-state index is -0.00745. The van der Waals surface area contributed by atoms with E-state index in [0.717, 1.165) is 18.5 Å². The van der Waals surface area contributed by atoms with Crippen LogP contribution in [0.1, 0.15) is 41.7 Å². The average Bonchev–Trinajstić information content (AvgIpc) is 2.32. The molecule has 1 saturated carbocycles. The molecule has 2 rings (SSSR count). The lowest BCUT2D eigenvalue weighted by molar-refractivity contribution is 0.0929. The standard InChI is InChI=1S/C13H17BrN2O/c1-9-10(5-4-8-15-9)13(17)16-12-7-3-2-6-11(12)14/h4-5,8,11-12H,2-3,6-7H2,1H3,(H,16,17). The van der Waals surface area contributed by atoms with Crippen molar-refractivity contribution in [2.75, 3.05) is 0 Å². The molecule has 1 amide bonds. The quantitative estimate of drug-likeness (QED) is 0.853. The SMILES string of the molecule is Cc1ncccc1C(=O)NC1CCCCC1Br. The highest BCUT2D eigenvalue weighted by molar-refractivity contribution is 9.09. The maximum absolute atomic E-state index is 12.1. The number of hydrogen-bond acceptors (Lipinski definition) is 2. The molecule has 0 aliphatic heterocycles. The molecule has 1 aliphatic rings. The number of nitrogens with zero attached hydrogens (tertiary/aromatic N) is 1. The Morgan fingerprint density at radius 3 is 2.94 bits per heavy atom. The average molecular weight is 297 g/mol. The van der Waals surface area contributed by atoms with Gasteiger partial charge in [-0.2, -0.15) is 0 Å². The zero-order valence-corrected chi connectivity index (χ0v) is 11.5. The van der Waals surface area contributed by atoms with Crippen molar-refractivity contribution in [2.45, 2.75) is 43.5 Å². The Balaban J connectivity index is 2.04. The first kappa shape index (κ1) is 12.6. The van der Waals surface area contributed by atoms with Gasteiger partial charge in [-0.15, -0.1) is 0 Å². The number of amides is 1. The van der Waals surface area contributed by atoms with E-state index in [4.69, 9.17) is 0 Å². The van der Waals surface area contributed by atoms with Crippen LogP contribution in [0.25, 0.3) is 0 Å². The van der Waals surface area contributed by atoms with Crippen LogP contribution in [-0.2, 0) is 0 Å². The molecule has 0 radical (unpaired) electrons. The summed E-state index contributed by atoms with van der Waals surface area (Å²) in [6.45, 7) is 1.86. The summed E-state index contributed by atoms with van der Waals surface area (Å²) >= 11 is 3.64. The lowest BCUT2D eigenvalue weighted by Crippen LogP contribution is -2.42. The Kier molecular flexibility index (Phi) is 4.15. The fourth-order valence-corrected chi connectivity index (χ4v) is 2.94. The third kappa shape index (κ3) is 3.06. The summed E-state index contributed by atoms with van der Waals surface area (Å²) in [7, 11) is 0. The Hall–Kier alpha value is -0.900. The van der Waals surface area contributed by atoms with Gasteiger partial charge >= 0.3 is 0 Å².